The average molecular weight is 410 g/mol. The van der Waals surface area contributed by atoms with Crippen LogP contribution in [0.25, 0.3) is 10.8 Å². The number of hydrogen-bond acceptors (Lipinski definition) is 4. The maximum absolute atomic E-state index is 12.9. The van der Waals surface area contributed by atoms with Crippen LogP contribution in [-0.4, -0.2) is 28.0 Å². The van der Waals surface area contributed by atoms with Gasteiger partial charge in [-0.05, 0) is 53.9 Å². The Morgan fingerprint density at radius 2 is 1.76 bits per heavy atom. The van der Waals surface area contributed by atoms with Gasteiger partial charge in [0.15, 0.2) is 0 Å². The van der Waals surface area contributed by atoms with Crippen LogP contribution in [0.3, 0.4) is 0 Å². The van der Waals surface area contributed by atoms with Crippen LogP contribution in [0.2, 0.25) is 0 Å². The quantitative estimate of drug-likeness (QED) is 0.685. The van der Waals surface area contributed by atoms with Gasteiger partial charge in [-0.15, -0.1) is 0 Å². The molecule has 0 radical (unpaired) electrons. The van der Waals surface area contributed by atoms with Crippen LogP contribution in [0.4, 0.5) is 11.4 Å². The second kappa shape index (κ2) is 7.75. The van der Waals surface area contributed by atoms with Crippen molar-refractivity contribution < 1.29 is 17.9 Å². The van der Waals surface area contributed by atoms with Gasteiger partial charge in [-0.3, -0.25) is 9.52 Å². The van der Waals surface area contributed by atoms with Crippen LogP contribution in [0.5, 0.6) is 5.75 Å². The summed E-state index contributed by atoms with van der Waals surface area (Å²) in [4.78, 5) is 14.2. The van der Waals surface area contributed by atoms with Gasteiger partial charge in [0, 0.05) is 13.0 Å². The maximum atomic E-state index is 12.9. The number of carbonyl (C=O) groups is 1. The first-order chi connectivity index (χ1) is 14.0. The van der Waals surface area contributed by atoms with E-state index in [1.807, 2.05) is 24.3 Å². The van der Waals surface area contributed by atoms with E-state index in [4.69, 9.17) is 4.74 Å². The Balaban J connectivity index is 1.67. The molecule has 0 aliphatic carbocycles. The number of hydrogen-bond donors (Lipinski definition) is 1. The number of fused-ring (bicyclic) bond motifs is 1. The monoisotopic (exact) mass is 410 g/mol. The number of nitrogens with zero attached hydrogens (tertiary/aromatic N) is 1. The summed E-state index contributed by atoms with van der Waals surface area (Å²) in [5.41, 5.74) is 0.961. The van der Waals surface area contributed by atoms with E-state index in [0.717, 1.165) is 23.6 Å². The summed E-state index contributed by atoms with van der Waals surface area (Å²) in [5, 5.41) is 1.83. The fraction of sp³-hybridized carbons (Fsp3) is 0.227. The van der Waals surface area contributed by atoms with Crippen molar-refractivity contribution in [2.24, 2.45) is 0 Å². The van der Waals surface area contributed by atoms with Crippen molar-refractivity contribution in [2.45, 2.75) is 24.2 Å². The number of amides is 1. The third kappa shape index (κ3) is 3.91. The summed E-state index contributed by atoms with van der Waals surface area (Å²) in [5.74, 6) is 0.554. The molecule has 3 aromatic carbocycles. The number of piperidine rings is 1. The first-order valence-corrected chi connectivity index (χ1v) is 11.0. The molecule has 6 nitrogen and oxygen atoms in total. The SMILES string of the molecule is COc1ccc(NS(=O)(=O)c2ccc3ccccc3c2)cc1N1CCCCC1=O. The smallest absolute Gasteiger partial charge is 0.261 e. The fourth-order valence-electron chi connectivity index (χ4n) is 3.57. The van der Waals surface area contributed by atoms with Gasteiger partial charge in [0.05, 0.1) is 23.4 Å². The van der Waals surface area contributed by atoms with E-state index in [1.54, 1.807) is 41.3 Å². The van der Waals surface area contributed by atoms with Gasteiger partial charge in [0.25, 0.3) is 10.0 Å². The Morgan fingerprint density at radius 3 is 2.52 bits per heavy atom. The van der Waals surface area contributed by atoms with Crippen LogP contribution in [-0.2, 0) is 14.8 Å². The van der Waals surface area contributed by atoms with Gasteiger partial charge < -0.3 is 9.64 Å². The van der Waals surface area contributed by atoms with E-state index >= 15 is 0 Å². The molecule has 0 atom stereocenters. The molecule has 0 saturated carbocycles. The van der Waals surface area contributed by atoms with E-state index < -0.39 is 10.0 Å². The molecule has 0 spiro atoms. The molecule has 3 aromatic rings. The van der Waals surface area contributed by atoms with Crippen LogP contribution in [0.15, 0.2) is 65.6 Å². The Labute approximate surface area is 170 Å². The van der Waals surface area contributed by atoms with Crippen molar-refractivity contribution in [3.63, 3.8) is 0 Å². The molecule has 0 aromatic heterocycles. The summed E-state index contributed by atoms with van der Waals surface area (Å²) in [6.45, 7) is 0.593. The van der Waals surface area contributed by atoms with Crippen molar-refractivity contribution in [1.82, 2.24) is 0 Å². The first-order valence-electron chi connectivity index (χ1n) is 9.48. The van der Waals surface area contributed by atoms with Crippen LogP contribution < -0.4 is 14.4 Å². The molecular formula is C22H22N2O4S. The molecule has 1 heterocycles. The van der Waals surface area contributed by atoms with Gasteiger partial charge in [-0.25, -0.2) is 8.42 Å². The van der Waals surface area contributed by atoms with E-state index in [9.17, 15) is 13.2 Å². The van der Waals surface area contributed by atoms with Crippen molar-refractivity contribution in [3.05, 3.63) is 60.7 Å². The lowest BCUT2D eigenvalue weighted by atomic mass is 10.1. The summed E-state index contributed by atoms with van der Waals surface area (Å²) in [7, 11) is -2.25. The van der Waals surface area contributed by atoms with Crippen LogP contribution >= 0.6 is 0 Å². The number of ether oxygens (including phenoxy) is 1. The fourth-order valence-corrected chi connectivity index (χ4v) is 4.66. The average Bonchev–Trinajstić information content (AvgIpc) is 2.73. The standard InChI is InChI=1S/C22H22N2O4S/c1-28-21-12-10-18(15-20(21)24-13-5-4-8-22(24)25)23-29(26,27)19-11-9-16-6-2-3-7-17(16)14-19/h2-3,6-7,9-12,14-15,23H,4-5,8,13H2,1H3. The predicted octanol–water partition coefficient (Wildman–Crippen LogP) is 4.17. The number of benzene rings is 3. The molecule has 0 unspecified atom stereocenters. The normalized spacial score (nSPS) is 14.8. The molecular weight excluding hydrogens is 388 g/mol. The molecule has 1 amide bonds. The lowest BCUT2D eigenvalue weighted by Gasteiger charge is -2.28. The third-order valence-corrected chi connectivity index (χ3v) is 6.46. The zero-order valence-electron chi connectivity index (χ0n) is 16.1. The van der Waals surface area contributed by atoms with E-state index in [0.29, 0.717) is 30.1 Å². The second-order valence-corrected chi connectivity index (χ2v) is 8.69. The number of nitrogens with one attached hydrogen (secondary N) is 1. The summed E-state index contributed by atoms with van der Waals surface area (Å²) >= 11 is 0. The highest BCUT2D eigenvalue weighted by Gasteiger charge is 2.24. The van der Waals surface area contributed by atoms with E-state index in [-0.39, 0.29) is 10.8 Å². The minimum absolute atomic E-state index is 0.0177. The topological polar surface area (TPSA) is 75.7 Å². The van der Waals surface area contributed by atoms with Gasteiger partial charge in [-0.2, -0.15) is 0 Å². The number of sulfonamides is 1. The Kier molecular flexibility index (Phi) is 5.15. The summed E-state index contributed by atoms with van der Waals surface area (Å²) < 4.78 is 33.9. The minimum atomic E-state index is -3.78. The maximum Gasteiger partial charge on any atom is 0.261 e. The molecule has 150 valence electrons. The Hall–Kier alpha value is -3.06. The van der Waals surface area contributed by atoms with Crippen molar-refractivity contribution >= 4 is 38.1 Å². The lowest BCUT2D eigenvalue weighted by molar-refractivity contribution is -0.119. The molecule has 1 N–H and O–H groups in total. The highest BCUT2D eigenvalue weighted by Crippen LogP contribution is 2.34. The summed E-state index contributed by atoms with van der Waals surface area (Å²) in [6, 6.07) is 17.6. The lowest BCUT2D eigenvalue weighted by Crippen LogP contribution is -2.35. The van der Waals surface area contributed by atoms with E-state index in [2.05, 4.69) is 4.72 Å². The van der Waals surface area contributed by atoms with Gasteiger partial charge >= 0.3 is 0 Å². The minimum Gasteiger partial charge on any atom is -0.495 e. The molecule has 1 aliphatic heterocycles. The summed E-state index contributed by atoms with van der Waals surface area (Å²) in [6.07, 6.45) is 2.25. The molecule has 1 aliphatic rings. The number of methoxy groups -OCH3 is 1. The largest absolute Gasteiger partial charge is 0.495 e. The molecule has 1 saturated heterocycles. The molecule has 7 heteroatoms. The highest BCUT2D eigenvalue weighted by molar-refractivity contribution is 7.92. The Bertz CT molecular complexity index is 1170. The van der Waals surface area contributed by atoms with Gasteiger partial charge in [0.1, 0.15) is 5.75 Å². The van der Waals surface area contributed by atoms with Crippen molar-refractivity contribution in [3.8, 4) is 5.75 Å². The first kappa shape index (κ1) is 19.3. The zero-order valence-corrected chi connectivity index (χ0v) is 16.9. The zero-order chi connectivity index (χ0) is 20.4. The predicted molar refractivity (Wildman–Crippen MR) is 114 cm³/mol. The number of rotatable bonds is 5. The number of anilines is 2. The third-order valence-electron chi connectivity index (χ3n) is 5.08. The van der Waals surface area contributed by atoms with Crippen LogP contribution in [0.1, 0.15) is 19.3 Å². The molecule has 0 bridgehead atoms. The van der Waals surface area contributed by atoms with Gasteiger partial charge in [-0.1, -0.05) is 30.3 Å². The molecule has 4 rings (SSSR count). The number of carbonyl (C=O) groups excluding carboxylic acids is 1. The van der Waals surface area contributed by atoms with Crippen LogP contribution in [0, 0.1) is 0 Å². The second-order valence-electron chi connectivity index (χ2n) is 7.00. The van der Waals surface area contributed by atoms with Crippen molar-refractivity contribution in [2.75, 3.05) is 23.3 Å². The molecule has 1 fully saturated rings. The van der Waals surface area contributed by atoms with E-state index in [1.165, 1.54) is 7.11 Å². The van der Waals surface area contributed by atoms with Gasteiger partial charge in [0.2, 0.25) is 5.91 Å². The van der Waals surface area contributed by atoms with Crippen molar-refractivity contribution in [1.29, 1.82) is 0 Å². The molecule has 29 heavy (non-hydrogen) atoms. The highest BCUT2D eigenvalue weighted by atomic mass is 32.2. The Morgan fingerprint density at radius 1 is 0.966 bits per heavy atom.